The molecule has 1 heterocycles. The maximum atomic E-state index is 12.9. The molecule has 6 nitrogen and oxygen atoms in total. The molecule has 2 amide bonds. The highest BCUT2D eigenvalue weighted by molar-refractivity contribution is 6.40. The molecule has 1 aromatic carbocycles. The minimum Gasteiger partial charge on any atom is -0.368 e. The van der Waals surface area contributed by atoms with Crippen molar-refractivity contribution in [2.45, 2.75) is 18.6 Å². The Hall–Kier alpha value is -2.65. The van der Waals surface area contributed by atoms with Gasteiger partial charge in [-0.1, -0.05) is 0 Å². The Bertz CT molecular complexity index is 642. The summed E-state index contributed by atoms with van der Waals surface area (Å²) in [6.45, 7) is -1.51. The van der Waals surface area contributed by atoms with E-state index in [4.69, 9.17) is 5.73 Å². The molecule has 1 aliphatic heterocycles. The first-order valence-corrected chi connectivity index (χ1v) is 6.44. The predicted octanol–water partition coefficient (Wildman–Crippen LogP) is 0.924. The standard InChI is InChI=1S/C13H12F4N4O2/c14-7-1-3-8(4-2-7)21-10(11(18)22)5-9(20-21)12(23)19-6-13(15,16)17/h1-4,10H,5-6H2,(H2,18,22)(H,19,23). The molecule has 2 rings (SSSR count). The Kier molecular flexibility index (Phi) is 4.52. The summed E-state index contributed by atoms with van der Waals surface area (Å²) < 4.78 is 49.3. The Balaban J connectivity index is 2.19. The van der Waals surface area contributed by atoms with Crippen molar-refractivity contribution in [3.63, 3.8) is 0 Å². The number of rotatable bonds is 4. The molecule has 1 atom stereocenters. The summed E-state index contributed by atoms with van der Waals surface area (Å²) in [7, 11) is 0. The molecule has 0 saturated carbocycles. The molecule has 10 heteroatoms. The number of hydrogen-bond acceptors (Lipinski definition) is 4. The number of nitrogens with one attached hydrogen (secondary N) is 1. The molecule has 0 spiro atoms. The van der Waals surface area contributed by atoms with Gasteiger partial charge in [0.2, 0.25) is 5.91 Å². The number of hydrogen-bond donors (Lipinski definition) is 2. The minimum atomic E-state index is -4.56. The van der Waals surface area contributed by atoms with Crippen LogP contribution in [-0.2, 0) is 9.59 Å². The van der Waals surface area contributed by atoms with Gasteiger partial charge < -0.3 is 11.1 Å². The zero-order valence-electron chi connectivity index (χ0n) is 11.6. The normalized spacial score (nSPS) is 17.8. The van der Waals surface area contributed by atoms with Gasteiger partial charge in [0.25, 0.3) is 5.91 Å². The van der Waals surface area contributed by atoms with Crippen molar-refractivity contribution in [2.24, 2.45) is 10.8 Å². The Morgan fingerprint density at radius 3 is 2.43 bits per heavy atom. The number of amides is 2. The maximum Gasteiger partial charge on any atom is 0.405 e. The SMILES string of the molecule is NC(=O)C1CC(C(=O)NCC(F)(F)F)=NN1c1ccc(F)cc1. The van der Waals surface area contributed by atoms with E-state index in [9.17, 15) is 27.2 Å². The van der Waals surface area contributed by atoms with E-state index in [1.165, 1.54) is 12.1 Å². The lowest BCUT2D eigenvalue weighted by Crippen LogP contribution is -2.40. The van der Waals surface area contributed by atoms with E-state index in [-0.39, 0.29) is 17.8 Å². The van der Waals surface area contributed by atoms with Crippen LogP contribution in [0.25, 0.3) is 0 Å². The number of alkyl halides is 3. The molecule has 0 fully saturated rings. The summed E-state index contributed by atoms with van der Waals surface area (Å²) in [5.74, 6) is -2.37. The first-order valence-electron chi connectivity index (χ1n) is 6.44. The summed E-state index contributed by atoms with van der Waals surface area (Å²) in [5.41, 5.74) is 5.25. The number of anilines is 1. The van der Waals surface area contributed by atoms with E-state index in [0.717, 1.165) is 17.1 Å². The van der Waals surface area contributed by atoms with E-state index in [0.29, 0.717) is 0 Å². The highest BCUT2D eigenvalue weighted by atomic mass is 19.4. The van der Waals surface area contributed by atoms with Gasteiger partial charge in [-0.2, -0.15) is 18.3 Å². The number of benzene rings is 1. The summed E-state index contributed by atoms with van der Waals surface area (Å²) in [5, 5.41) is 6.60. The predicted molar refractivity (Wildman–Crippen MR) is 73.0 cm³/mol. The molecule has 23 heavy (non-hydrogen) atoms. The quantitative estimate of drug-likeness (QED) is 0.804. The number of carbonyl (C=O) groups excluding carboxylic acids is 2. The maximum absolute atomic E-state index is 12.9. The third-order valence-electron chi connectivity index (χ3n) is 3.04. The van der Waals surface area contributed by atoms with Crippen LogP contribution >= 0.6 is 0 Å². The second-order valence-corrected chi connectivity index (χ2v) is 4.79. The third kappa shape index (κ3) is 4.18. The fourth-order valence-electron chi connectivity index (χ4n) is 1.98. The van der Waals surface area contributed by atoms with Crippen molar-refractivity contribution >= 4 is 23.2 Å². The van der Waals surface area contributed by atoms with Crippen LogP contribution in [0.15, 0.2) is 29.4 Å². The lowest BCUT2D eigenvalue weighted by Gasteiger charge is -2.20. The third-order valence-corrected chi connectivity index (χ3v) is 3.04. The molecule has 0 bridgehead atoms. The highest BCUT2D eigenvalue weighted by Gasteiger charge is 2.36. The van der Waals surface area contributed by atoms with Gasteiger partial charge in [-0.25, -0.2) is 4.39 Å². The number of nitrogens with zero attached hydrogens (tertiary/aromatic N) is 2. The van der Waals surface area contributed by atoms with Crippen molar-refractivity contribution in [2.75, 3.05) is 11.6 Å². The van der Waals surface area contributed by atoms with E-state index in [1.807, 2.05) is 0 Å². The van der Waals surface area contributed by atoms with E-state index >= 15 is 0 Å². The first-order chi connectivity index (χ1) is 10.7. The average molecular weight is 332 g/mol. The van der Waals surface area contributed by atoms with Crippen LogP contribution in [0.3, 0.4) is 0 Å². The summed E-state index contributed by atoms with van der Waals surface area (Å²) >= 11 is 0. The zero-order chi connectivity index (χ0) is 17.2. The van der Waals surface area contributed by atoms with Crippen molar-refractivity contribution in [1.82, 2.24) is 5.32 Å². The minimum absolute atomic E-state index is 0.240. The Morgan fingerprint density at radius 1 is 1.30 bits per heavy atom. The number of hydrazone groups is 1. The molecule has 3 N–H and O–H groups in total. The molecule has 1 aromatic rings. The fraction of sp³-hybridized carbons (Fsp3) is 0.308. The molecule has 1 unspecified atom stereocenters. The number of halogens is 4. The topological polar surface area (TPSA) is 87.8 Å². The van der Waals surface area contributed by atoms with Crippen molar-refractivity contribution in [1.29, 1.82) is 0 Å². The smallest absolute Gasteiger partial charge is 0.368 e. The van der Waals surface area contributed by atoms with Crippen LogP contribution in [0.1, 0.15) is 6.42 Å². The summed E-state index contributed by atoms with van der Waals surface area (Å²) in [4.78, 5) is 23.2. The average Bonchev–Trinajstić information content (AvgIpc) is 2.90. The number of carbonyl (C=O) groups is 2. The fourth-order valence-corrected chi connectivity index (χ4v) is 1.98. The highest BCUT2D eigenvalue weighted by Crippen LogP contribution is 2.25. The largest absolute Gasteiger partial charge is 0.405 e. The molecule has 0 aromatic heterocycles. The summed E-state index contributed by atoms with van der Waals surface area (Å²) in [6, 6.07) is 3.82. The van der Waals surface area contributed by atoms with Crippen LogP contribution in [0.2, 0.25) is 0 Å². The monoisotopic (exact) mass is 332 g/mol. The van der Waals surface area contributed by atoms with Crippen LogP contribution in [0.5, 0.6) is 0 Å². The Labute approximate surface area is 127 Å². The molecular formula is C13H12F4N4O2. The van der Waals surface area contributed by atoms with Gasteiger partial charge in [-0.3, -0.25) is 14.6 Å². The molecule has 124 valence electrons. The second kappa shape index (κ2) is 6.23. The van der Waals surface area contributed by atoms with Gasteiger partial charge in [0.1, 0.15) is 24.1 Å². The zero-order valence-corrected chi connectivity index (χ0v) is 11.6. The van der Waals surface area contributed by atoms with E-state index < -0.39 is 36.4 Å². The van der Waals surface area contributed by atoms with Gasteiger partial charge in [0.05, 0.1) is 5.69 Å². The first kappa shape index (κ1) is 16.7. The van der Waals surface area contributed by atoms with E-state index in [1.54, 1.807) is 5.32 Å². The van der Waals surface area contributed by atoms with Crippen LogP contribution < -0.4 is 16.1 Å². The van der Waals surface area contributed by atoms with Gasteiger partial charge in [0, 0.05) is 6.42 Å². The van der Waals surface area contributed by atoms with E-state index in [2.05, 4.69) is 5.10 Å². The molecule has 0 aliphatic carbocycles. The van der Waals surface area contributed by atoms with Gasteiger partial charge in [0.15, 0.2) is 0 Å². The second-order valence-electron chi connectivity index (χ2n) is 4.79. The van der Waals surface area contributed by atoms with Crippen LogP contribution in [-0.4, -0.2) is 36.3 Å². The lowest BCUT2D eigenvalue weighted by molar-refractivity contribution is -0.134. The Morgan fingerprint density at radius 2 is 1.91 bits per heavy atom. The number of primary amides is 1. The molecule has 0 radical (unpaired) electrons. The van der Waals surface area contributed by atoms with Crippen molar-refractivity contribution in [3.05, 3.63) is 30.1 Å². The van der Waals surface area contributed by atoms with Crippen molar-refractivity contribution < 1.29 is 27.2 Å². The number of nitrogens with two attached hydrogens (primary N) is 1. The van der Waals surface area contributed by atoms with Crippen LogP contribution in [0, 0.1) is 5.82 Å². The molecular weight excluding hydrogens is 320 g/mol. The molecule has 0 saturated heterocycles. The summed E-state index contributed by atoms with van der Waals surface area (Å²) in [6.07, 6.45) is -4.80. The lowest BCUT2D eigenvalue weighted by atomic mass is 10.1. The van der Waals surface area contributed by atoms with Gasteiger partial charge >= 0.3 is 6.18 Å². The van der Waals surface area contributed by atoms with Gasteiger partial charge in [-0.05, 0) is 24.3 Å². The van der Waals surface area contributed by atoms with Crippen molar-refractivity contribution in [3.8, 4) is 0 Å². The van der Waals surface area contributed by atoms with Gasteiger partial charge in [-0.15, -0.1) is 0 Å². The van der Waals surface area contributed by atoms with Crippen LogP contribution in [0.4, 0.5) is 23.2 Å². The molecule has 1 aliphatic rings.